The molecule has 2 rings (SSSR count). The van der Waals surface area contributed by atoms with Crippen molar-refractivity contribution >= 4 is 17.2 Å². The van der Waals surface area contributed by atoms with Gasteiger partial charge in [0, 0.05) is 6.07 Å². The zero-order valence-electron chi connectivity index (χ0n) is 6.32. The van der Waals surface area contributed by atoms with Gasteiger partial charge in [-0.05, 0) is 6.92 Å². The maximum atomic E-state index is 9.46. The van der Waals surface area contributed by atoms with Crippen molar-refractivity contribution in [3.8, 4) is 5.88 Å². The van der Waals surface area contributed by atoms with E-state index in [1.54, 1.807) is 19.2 Å². The molecule has 2 aromatic heterocycles. The van der Waals surface area contributed by atoms with Gasteiger partial charge in [-0.15, -0.1) is 0 Å². The van der Waals surface area contributed by atoms with Crippen molar-refractivity contribution in [2.75, 3.05) is 0 Å². The summed E-state index contributed by atoms with van der Waals surface area (Å²) in [5, 5.41) is 13.5. The van der Waals surface area contributed by atoms with Crippen LogP contribution in [0.3, 0.4) is 0 Å². The molecule has 0 saturated carbocycles. The molecule has 0 aliphatic heterocycles. The summed E-state index contributed by atoms with van der Waals surface area (Å²) in [6.45, 7) is 1.73. The van der Waals surface area contributed by atoms with Gasteiger partial charge in [0.15, 0.2) is 5.65 Å². The van der Waals surface area contributed by atoms with Gasteiger partial charge in [0.1, 0.15) is 5.02 Å². The molecule has 2 heterocycles. The van der Waals surface area contributed by atoms with Gasteiger partial charge in [-0.3, -0.25) is 0 Å². The van der Waals surface area contributed by atoms with E-state index in [2.05, 4.69) is 10.1 Å². The normalized spacial score (nSPS) is 10.8. The van der Waals surface area contributed by atoms with E-state index >= 15 is 0 Å². The van der Waals surface area contributed by atoms with E-state index in [-0.39, 0.29) is 10.9 Å². The van der Waals surface area contributed by atoms with E-state index in [0.717, 1.165) is 0 Å². The van der Waals surface area contributed by atoms with Crippen molar-refractivity contribution in [3.05, 3.63) is 23.0 Å². The second-order valence-corrected chi connectivity index (χ2v) is 2.81. The predicted molar refractivity (Wildman–Crippen MR) is 44.4 cm³/mol. The number of rotatable bonds is 0. The Morgan fingerprint density at radius 2 is 2.33 bits per heavy atom. The van der Waals surface area contributed by atoms with E-state index in [1.165, 1.54) is 4.52 Å². The molecule has 0 amide bonds. The molecule has 0 radical (unpaired) electrons. The third-order valence-corrected chi connectivity index (χ3v) is 2.06. The number of aromatic nitrogens is 3. The molecule has 2 aromatic rings. The average Bonchev–Trinajstić information content (AvgIpc) is 2.48. The first-order chi connectivity index (χ1) is 5.70. The van der Waals surface area contributed by atoms with Crippen molar-refractivity contribution in [2.24, 2.45) is 0 Å². The number of nitrogens with zero attached hydrogens (tertiary/aromatic N) is 3. The number of halogens is 1. The molecular formula is C7H6ClN3O. The molecule has 0 bridgehead atoms. The second kappa shape index (κ2) is 2.35. The lowest BCUT2D eigenvalue weighted by Crippen LogP contribution is -1.94. The predicted octanol–water partition coefficient (Wildman–Crippen LogP) is 1.40. The van der Waals surface area contributed by atoms with Crippen molar-refractivity contribution in [1.29, 1.82) is 0 Å². The Bertz CT molecular complexity index is 437. The summed E-state index contributed by atoms with van der Waals surface area (Å²) in [7, 11) is 0. The molecule has 4 nitrogen and oxygen atoms in total. The first-order valence-corrected chi connectivity index (χ1v) is 3.77. The van der Waals surface area contributed by atoms with E-state index in [9.17, 15) is 5.11 Å². The monoisotopic (exact) mass is 183 g/mol. The van der Waals surface area contributed by atoms with Crippen LogP contribution in [-0.2, 0) is 0 Å². The highest BCUT2D eigenvalue weighted by Gasteiger charge is 2.08. The van der Waals surface area contributed by atoms with Crippen LogP contribution in [0.1, 0.15) is 5.69 Å². The van der Waals surface area contributed by atoms with Crippen molar-refractivity contribution < 1.29 is 5.11 Å². The SMILES string of the molecule is Cc1nc2ccnn2c(O)c1Cl. The van der Waals surface area contributed by atoms with Gasteiger partial charge in [-0.2, -0.15) is 9.61 Å². The van der Waals surface area contributed by atoms with Crippen LogP contribution < -0.4 is 0 Å². The van der Waals surface area contributed by atoms with Crippen LogP contribution in [0.15, 0.2) is 12.3 Å². The Kier molecular flexibility index (Phi) is 1.44. The highest BCUT2D eigenvalue weighted by atomic mass is 35.5. The molecule has 0 aliphatic carbocycles. The summed E-state index contributed by atoms with van der Waals surface area (Å²) < 4.78 is 1.29. The lowest BCUT2D eigenvalue weighted by atomic mass is 10.4. The fraction of sp³-hybridized carbons (Fsp3) is 0.143. The van der Waals surface area contributed by atoms with Gasteiger partial charge in [0.25, 0.3) is 0 Å². The minimum atomic E-state index is -0.0656. The molecule has 0 fully saturated rings. The zero-order chi connectivity index (χ0) is 8.72. The Labute approximate surface area is 73.4 Å². The maximum Gasteiger partial charge on any atom is 0.235 e. The highest BCUT2D eigenvalue weighted by molar-refractivity contribution is 6.32. The lowest BCUT2D eigenvalue weighted by molar-refractivity contribution is 0.435. The van der Waals surface area contributed by atoms with Crippen LogP contribution in [0.2, 0.25) is 5.02 Å². The van der Waals surface area contributed by atoms with E-state index in [1.807, 2.05) is 0 Å². The van der Waals surface area contributed by atoms with E-state index in [0.29, 0.717) is 11.3 Å². The van der Waals surface area contributed by atoms with Crippen molar-refractivity contribution in [2.45, 2.75) is 6.92 Å². The molecule has 0 saturated heterocycles. The Morgan fingerprint density at radius 3 is 3.08 bits per heavy atom. The first-order valence-electron chi connectivity index (χ1n) is 3.39. The van der Waals surface area contributed by atoms with Crippen molar-refractivity contribution in [3.63, 3.8) is 0 Å². The van der Waals surface area contributed by atoms with Gasteiger partial charge in [-0.25, -0.2) is 4.98 Å². The smallest absolute Gasteiger partial charge is 0.235 e. The van der Waals surface area contributed by atoms with Crippen LogP contribution >= 0.6 is 11.6 Å². The van der Waals surface area contributed by atoms with Gasteiger partial charge < -0.3 is 5.11 Å². The van der Waals surface area contributed by atoms with E-state index < -0.39 is 0 Å². The quantitative estimate of drug-likeness (QED) is 0.672. The van der Waals surface area contributed by atoms with Gasteiger partial charge in [-0.1, -0.05) is 11.6 Å². The first kappa shape index (κ1) is 7.36. The molecule has 62 valence electrons. The third kappa shape index (κ3) is 0.848. The fourth-order valence-corrected chi connectivity index (χ4v) is 1.14. The maximum absolute atomic E-state index is 9.46. The number of fused-ring (bicyclic) bond motifs is 1. The summed E-state index contributed by atoms with van der Waals surface area (Å²) >= 11 is 5.74. The van der Waals surface area contributed by atoms with Crippen LogP contribution in [0.25, 0.3) is 5.65 Å². The largest absolute Gasteiger partial charge is 0.492 e. The topological polar surface area (TPSA) is 50.4 Å². The average molecular weight is 184 g/mol. The minimum absolute atomic E-state index is 0.0656. The number of aromatic hydroxyl groups is 1. The molecular weight excluding hydrogens is 178 g/mol. The number of hydrogen-bond acceptors (Lipinski definition) is 3. The molecule has 5 heteroatoms. The number of aryl methyl sites for hydroxylation is 1. The van der Waals surface area contributed by atoms with Crippen LogP contribution in [-0.4, -0.2) is 19.7 Å². The fourth-order valence-electron chi connectivity index (χ4n) is 1.02. The molecule has 0 spiro atoms. The summed E-state index contributed by atoms with van der Waals surface area (Å²) in [4.78, 5) is 4.10. The molecule has 0 aromatic carbocycles. The van der Waals surface area contributed by atoms with Gasteiger partial charge in [0.05, 0.1) is 11.9 Å². The summed E-state index contributed by atoms with van der Waals surface area (Å²) in [5.74, 6) is -0.0656. The van der Waals surface area contributed by atoms with Crippen LogP contribution in [0.5, 0.6) is 5.88 Å². The molecule has 0 unspecified atom stereocenters. The van der Waals surface area contributed by atoms with Crippen LogP contribution in [0.4, 0.5) is 0 Å². The third-order valence-electron chi connectivity index (χ3n) is 1.62. The zero-order valence-corrected chi connectivity index (χ0v) is 7.08. The summed E-state index contributed by atoms with van der Waals surface area (Å²) in [5.41, 5.74) is 1.19. The second-order valence-electron chi connectivity index (χ2n) is 2.44. The summed E-state index contributed by atoms with van der Waals surface area (Å²) in [6.07, 6.45) is 1.55. The van der Waals surface area contributed by atoms with Crippen LogP contribution in [0, 0.1) is 6.92 Å². The number of hydrogen-bond donors (Lipinski definition) is 1. The molecule has 0 aliphatic rings. The van der Waals surface area contributed by atoms with Crippen molar-refractivity contribution in [1.82, 2.24) is 14.6 Å². The highest BCUT2D eigenvalue weighted by Crippen LogP contribution is 2.25. The Hall–Kier alpha value is -1.29. The lowest BCUT2D eigenvalue weighted by Gasteiger charge is -2.01. The molecule has 12 heavy (non-hydrogen) atoms. The van der Waals surface area contributed by atoms with Gasteiger partial charge in [0.2, 0.25) is 5.88 Å². The van der Waals surface area contributed by atoms with E-state index in [4.69, 9.17) is 11.6 Å². The minimum Gasteiger partial charge on any atom is -0.492 e. The molecule has 1 N–H and O–H groups in total. The van der Waals surface area contributed by atoms with Gasteiger partial charge >= 0.3 is 0 Å². The standard InChI is InChI=1S/C7H6ClN3O/c1-4-6(8)7(12)11-5(10-4)2-3-9-11/h2-3,12H,1H3. The Morgan fingerprint density at radius 1 is 1.58 bits per heavy atom. The molecule has 0 atom stereocenters. The Balaban J connectivity index is 2.94. The summed E-state index contributed by atoms with van der Waals surface area (Å²) in [6, 6.07) is 1.70.